The maximum absolute atomic E-state index is 13.1. The van der Waals surface area contributed by atoms with Gasteiger partial charge in [-0.1, -0.05) is 24.3 Å². The van der Waals surface area contributed by atoms with Crippen LogP contribution < -0.4 is 10.6 Å². The van der Waals surface area contributed by atoms with Crippen LogP contribution in [0.4, 0.5) is 21.5 Å². The second-order valence-electron chi connectivity index (χ2n) is 5.34. The smallest absolute Gasteiger partial charge is 0.274 e. The number of pyridine rings is 1. The molecule has 4 nitrogen and oxygen atoms in total. The van der Waals surface area contributed by atoms with E-state index < -0.39 is 5.82 Å². The molecule has 24 heavy (non-hydrogen) atoms. The van der Waals surface area contributed by atoms with Crippen LogP contribution >= 0.6 is 0 Å². The number of benzene rings is 2. The highest BCUT2D eigenvalue weighted by Gasteiger charge is 2.08. The molecule has 0 unspecified atom stereocenters. The van der Waals surface area contributed by atoms with Crippen molar-refractivity contribution in [3.05, 3.63) is 83.9 Å². The second-order valence-corrected chi connectivity index (χ2v) is 5.34. The third kappa shape index (κ3) is 3.76. The van der Waals surface area contributed by atoms with Gasteiger partial charge >= 0.3 is 0 Å². The monoisotopic (exact) mass is 321 g/mol. The molecular weight excluding hydrogens is 305 g/mol. The summed E-state index contributed by atoms with van der Waals surface area (Å²) >= 11 is 0. The number of carbonyl (C=O) groups is 1. The molecule has 0 bridgehead atoms. The number of carbonyl (C=O) groups excluding carboxylic acids is 1. The maximum Gasteiger partial charge on any atom is 0.274 e. The maximum atomic E-state index is 13.1. The van der Waals surface area contributed by atoms with E-state index in [0.29, 0.717) is 5.69 Å². The average molecular weight is 321 g/mol. The zero-order valence-corrected chi connectivity index (χ0v) is 13.1. The van der Waals surface area contributed by atoms with Gasteiger partial charge in [0.1, 0.15) is 11.5 Å². The van der Waals surface area contributed by atoms with Crippen LogP contribution in [-0.2, 0) is 0 Å². The van der Waals surface area contributed by atoms with Crippen molar-refractivity contribution >= 4 is 23.0 Å². The van der Waals surface area contributed by atoms with E-state index in [2.05, 4.69) is 15.6 Å². The highest BCUT2D eigenvalue weighted by Crippen LogP contribution is 2.19. The first-order chi connectivity index (χ1) is 11.6. The Kier molecular flexibility index (Phi) is 4.52. The number of aromatic nitrogens is 1. The molecule has 1 amide bonds. The van der Waals surface area contributed by atoms with E-state index in [1.807, 2.05) is 31.2 Å². The zero-order valence-electron chi connectivity index (χ0n) is 13.1. The second kappa shape index (κ2) is 6.91. The molecule has 0 fully saturated rings. The van der Waals surface area contributed by atoms with Crippen molar-refractivity contribution in [2.45, 2.75) is 6.92 Å². The number of nitrogens with one attached hydrogen (secondary N) is 2. The molecule has 0 aliphatic carbocycles. The lowest BCUT2D eigenvalue weighted by Gasteiger charge is -2.09. The molecule has 0 atom stereocenters. The Morgan fingerprint density at radius 3 is 2.54 bits per heavy atom. The van der Waals surface area contributed by atoms with Gasteiger partial charge < -0.3 is 10.6 Å². The van der Waals surface area contributed by atoms with Gasteiger partial charge in [-0.3, -0.25) is 4.79 Å². The topological polar surface area (TPSA) is 54.0 Å². The summed E-state index contributed by atoms with van der Waals surface area (Å²) in [6.45, 7) is 2.01. The summed E-state index contributed by atoms with van der Waals surface area (Å²) < 4.78 is 13.1. The third-order valence-corrected chi connectivity index (χ3v) is 3.50. The van der Waals surface area contributed by atoms with E-state index in [1.165, 1.54) is 18.2 Å². The van der Waals surface area contributed by atoms with Crippen LogP contribution in [0.3, 0.4) is 0 Å². The van der Waals surface area contributed by atoms with Gasteiger partial charge in [0.2, 0.25) is 0 Å². The van der Waals surface area contributed by atoms with E-state index in [-0.39, 0.29) is 11.6 Å². The highest BCUT2D eigenvalue weighted by molar-refractivity contribution is 6.02. The third-order valence-electron chi connectivity index (χ3n) is 3.50. The lowest BCUT2D eigenvalue weighted by molar-refractivity contribution is 0.102. The fourth-order valence-corrected chi connectivity index (χ4v) is 2.23. The molecular formula is C19H16FN3O. The Labute approximate surface area is 139 Å². The van der Waals surface area contributed by atoms with Crippen molar-refractivity contribution in [2.75, 3.05) is 10.6 Å². The number of nitrogens with zero attached hydrogens (tertiary/aromatic N) is 1. The van der Waals surface area contributed by atoms with Gasteiger partial charge in [-0.2, -0.15) is 0 Å². The van der Waals surface area contributed by atoms with Crippen LogP contribution in [-0.4, -0.2) is 10.9 Å². The highest BCUT2D eigenvalue weighted by atomic mass is 19.1. The molecule has 0 aliphatic rings. The van der Waals surface area contributed by atoms with Crippen LogP contribution in [0.5, 0.6) is 0 Å². The Balaban J connectivity index is 1.70. The molecule has 0 aliphatic heterocycles. The number of hydrogen-bond acceptors (Lipinski definition) is 3. The van der Waals surface area contributed by atoms with Crippen molar-refractivity contribution in [3.63, 3.8) is 0 Å². The average Bonchev–Trinajstić information content (AvgIpc) is 2.57. The molecule has 5 heteroatoms. The summed E-state index contributed by atoms with van der Waals surface area (Å²) in [6, 6.07) is 17.0. The predicted octanol–water partition coefficient (Wildman–Crippen LogP) is 4.53. The summed E-state index contributed by atoms with van der Waals surface area (Å²) in [7, 11) is 0. The SMILES string of the molecule is Cc1ccccc1Nc1ccc(C(=O)Nc2cccc(F)c2)nc1. The first kappa shape index (κ1) is 15.7. The van der Waals surface area contributed by atoms with Crippen LogP contribution in [0, 0.1) is 12.7 Å². The molecule has 0 saturated carbocycles. The predicted molar refractivity (Wildman–Crippen MR) is 93.1 cm³/mol. The van der Waals surface area contributed by atoms with Gasteiger partial charge in [-0.25, -0.2) is 9.37 Å². The van der Waals surface area contributed by atoms with E-state index >= 15 is 0 Å². The van der Waals surface area contributed by atoms with Crippen molar-refractivity contribution in [2.24, 2.45) is 0 Å². The number of amides is 1. The van der Waals surface area contributed by atoms with Crippen LogP contribution in [0.25, 0.3) is 0 Å². The number of hydrogen-bond donors (Lipinski definition) is 2. The minimum atomic E-state index is -0.404. The fourth-order valence-electron chi connectivity index (χ4n) is 2.23. The Morgan fingerprint density at radius 2 is 1.83 bits per heavy atom. The lowest BCUT2D eigenvalue weighted by atomic mass is 10.2. The summed E-state index contributed by atoms with van der Waals surface area (Å²) in [6.07, 6.45) is 1.59. The number of halogens is 1. The van der Waals surface area contributed by atoms with Crippen molar-refractivity contribution < 1.29 is 9.18 Å². The summed E-state index contributed by atoms with van der Waals surface area (Å²) in [5, 5.41) is 5.87. The van der Waals surface area contributed by atoms with Gasteiger partial charge in [0.05, 0.1) is 11.9 Å². The molecule has 1 heterocycles. The lowest BCUT2D eigenvalue weighted by Crippen LogP contribution is -2.13. The molecule has 120 valence electrons. The normalized spacial score (nSPS) is 10.2. The summed E-state index contributed by atoms with van der Waals surface area (Å²) in [5.41, 5.74) is 3.53. The van der Waals surface area contributed by atoms with Gasteiger partial charge in [0, 0.05) is 11.4 Å². The van der Waals surface area contributed by atoms with Gasteiger partial charge in [-0.05, 0) is 48.9 Å². The molecule has 0 radical (unpaired) electrons. The van der Waals surface area contributed by atoms with Gasteiger partial charge in [0.25, 0.3) is 5.91 Å². The minimum absolute atomic E-state index is 0.259. The van der Waals surface area contributed by atoms with Crippen LogP contribution in [0.1, 0.15) is 16.1 Å². The molecule has 3 aromatic rings. The molecule has 3 rings (SSSR count). The Morgan fingerprint density at radius 1 is 1.00 bits per heavy atom. The minimum Gasteiger partial charge on any atom is -0.354 e. The van der Waals surface area contributed by atoms with Crippen molar-refractivity contribution in [3.8, 4) is 0 Å². The molecule has 2 N–H and O–H groups in total. The largest absolute Gasteiger partial charge is 0.354 e. The molecule has 0 saturated heterocycles. The Bertz CT molecular complexity index is 862. The van der Waals surface area contributed by atoms with E-state index in [9.17, 15) is 9.18 Å². The molecule has 1 aromatic heterocycles. The Hall–Kier alpha value is -3.21. The number of aryl methyl sites for hydroxylation is 1. The van der Waals surface area contributed by atoms with Gasteiger partial charge in [0.15, 0.2) is 0 Å². The van der Waals surface area contributed by atoms with Crippen molar-refractivity contribution in [1.82, 2.24) is 4.98 Å². The van der Waals surface area contributed by atoms with Crippen molar-refractivity contribution in [1.29, 1.82) is 0 Å². The number of rotatable bonds is 4. The molecule has 2 aromatic carbocycles. The number of anilines is 3. The summed E-state index contributed by atoms with van der Waals surface area (Å²) in [5.74, 6) is -0.790. The fraction of sp³-hybridized carbons (Fsp3) is 0.0526. The van der Waals surface area contributed by atoms with E-state index in [1.54, 1.807) is 24.4 Å². The van der Waals surface area contributed by atoms with Crippen LogP contribution in [0.15, 0.2) is 66.9 Å². The summed E-state index contributed by atoms with van der Waals surface area (Å²) in [4.78, 5) is 16.3. The van der Waals surface area contributed by atoms with Crippen LogP contribution in [0.2, 0.25) is 0 Å². The van der Waals surface area contributed by atoms with E-state index in [4.69, 9.17) is 0 Å². The standard InChI is InChI=1S/C19H16FN3O/c1-13-5-2-3-8-17(13)22-16-9-10-18(21-12-16)19(24)23-15-7-4-6-14(20)11-15/h2-12,22H,1H3,(H,23,24). The molecule has 0 spiro atoms. The zero-order chi connectivity index (χ0) is 16.9. The first-order valence-corrected chi connectivity index (χ1v) is 7.47. The van der Waals surface area contributed by atoms with E-state index in [0.717, 1.165) is 16.9 Å². The van der Waals surface area contributed by atoms with Gasteiger partial charge in [-0.15, -0.1) is 0 Å². The first-order valence-electron chi connectivity index (χ1n) is 7.47. The number of para-hydroxylation sites is 1. The quantitative estimate of drug-likeness (QED) is 0.742.